The lowest BCUT2D eigenvalue weighted by atomic mass is 10.1. The Morgan fingerprint density at radius 2 is 1.18 bits per heavy atom. The molecule has 0 aliphatic rings. The second-order valence-corrected chi connectivity index (χ2v) is 4.57. The van der Waals surface area contributed by atoms with Crippen LogP contribution in [0.1, 0.15) is 51.9 Å². The summed E-state index contributed by atoms with van der Waals surface area (Å²) in [7, 11) is 0. The molecule has 0 aromatic rings. The average Bonchev–Trinajstić information content (AvgIpc) is 2.28. The van der Waals surface area contributed by atoms with Gasteiger partial charge in [-0.1, -0.05) is 39.0 Å². The van der Waals surface area contributed by atoms with Gasteiger partial charge in [0.15, 0.2) is 0 Å². The van der Waals surface area contributed by atoms with Gasteiger partial charge in [0.25, 0.3) is 0 Å². The van der Waals surface area contributed by atoms with Gasteiger partial charge in [0.2, 0.25) is 0 Å². The number of rotatable bonds is 12. The molecule has 0 heterocycles. The number of aliphatic hydroxyl groups excluding tert-OH is 2. The third-order valence-electron chi connectivity index (χ3n) is 3.06. The number of quaternary nitrogens is 1. The Kier molecular flexibility index (Phi) is 19.0. The van der Waals surface area contributed by atoms with Crippen molar-refractivity contribution < 1.29 is 32.1 Å². The van der Waals surface area contributed by atoms with E-state index in [1.165, 1.54) is 49.8 Å². The number of aliphatic hydroxyl groups is 2. The minimum atomic E-state index is 0. The van der Waals surface area contributed by atoms with Gasteiger partial charge in [-0.15, -0.1) is 0 Å². The van der Waals surface area contributed by atoms with Crippen molar-refractivity contribution in [3.8, 4) is 0 Å². The fraction of sp³-hybridized carbons (Fsp3) is 1.00. The molecule has 3 nitrogen and oxygen atoms in total. The van der Waals surface area contributed by atoms with Crippen molar-refractivity contribution in [2.45, 2.75) is 51.9 Å². The first-order valence-corrected chi connectivity index (χ1v) is 6.90. The van der Waals surface area contributed by atoms with E-state index >= 15 is 0 Å². The Hall–Kier alpha value is 0.360. The van der Waals surface area contributed by atoms with Gasteiger partial charge in [-0.3, -0.25) is 0 Å². The molecule has 0 unspecified atom stereocenters. The Labute approximate surface area is 117 Å². The van der Waals surface area contributed by atoms with E-state index in [4.69, 9.17) is 10.2 Å². The van der Waals surface area contributed by atoms with Gasteiger partial charge in [-0.05, 0) is 12.8 Å². The first-order valence-electron chi connectivity index (χ1n) is 6.90. The van der Waals surface area contributed by atoms with E-state index in [0.29, 0.717) is 0 Å². The molecule has 0 rings (SSSR count). The Morgan fingerprint density at radius 3 is 1.65 bits per heavy atom. The number of nitrogens with one attached hydrogen (secondary N) is 1. The molecule has 0 aliphatic carbocycles. The van der Waals surface area contributed by atoms with Crippen LogP contribution < -0.4 is 21.9 Å². The average molecular weight is 312 g/mol. The fourth-order valence-electron chi connectivity index (χ4n) is 2.02. The molecule has 0 fully saturated rings. The zero-order valence-electron chi connectivity index (χ0n) is 11.3. The number of hydrogen-bond acceptors (Lipinski definition) is 2. The van der Waals surface area contributed by atoms with Crippen molar-refractivity contribution >= 4 is 0 Å². The Morgan fingerprint density at radius 1 is 0.706 bits per heavy atom. The van der Waals surface area contributed by atoms with Crippen LogP contribution in [0.5, 0.6) is 0 Å². The number of unbranched alkanes of at least 4 members (excludes halogenated alkanes) is 6. The maximum Gasteiger partial charge on any atom is 0.101 e. The maximum absolute atomic E-state index is 8.86. The zero-order chi connectivity index (χ0) is 12.1. The van der Waals surface area contributed by atoms with Crippen LogP contribution in [0.15, 0.2) is 0 Å². The summed E-state index contributed by atoms with van der Waals surface area (Å²) in [5.74, 6) is 0. The predicted molar refractivity (Wildman–Crippen MR) is 67.7 cm³/mol. The molecule has 0 aliphatic heterocycles. The molecule has 106 valence electrons. The lowest BCUT2D eigenvalue weighted by molar-refractivity contribution is -0.901. The molecule has 0 aromatic carbocycles. The van der Waals surface area contributed by atoms with E-state index in [1.54, 1.807) is 0 Å². The van der Waals surface area contributed by atoms with Crippen molar-refractivity contribution in [1.29, 1.82) is 0 Å². The van der Waals surface area contributed by atoms with E-state index in [0.717, 1.165) is 19.6 Å². The van der Waals surface area contributed by atoms with E-state index in [2.05, 4.69) is 6.92 Å². The van der Waals surface area contributed by atoms with Gasteiger partial charge >= 0.3 is 0 Å². The normalized spacial score (nSPS) is 10.6. The largest absolute Gasteiger partial charge is 1.00 e. The second-order valence-electron chi connectivity index (χ2n) is 4.57. The highest BCUT2D eigenvalue weighted by atomic mass is 79.9. The summed E-state index contributed by atoms with van der Waals surface area (Å²) < 4.78 is 0. The van der Waals surface area contributed by atoms with Crippen molar-refractivity contribution in [1.82, 2.24) is 0 Å². The predicted octanol–water partition coefficient (Wildman–Crippen LogP) is -2.39. The standard InChI is InChI=1S/C13H29NO2.BrH/c1-2-3-4-5-6-7-8-9-14(10-12-15)11-13-16;/h15-16H,2-13H2,1H3;1H. The van der Waals surface area contributed by atoms with Crippen molar-refractivity contribution in [3.05, 3.63) is 0 Å². The number of halogens is 1. The van der Waals surface area contributed by atoms with Gasteiger partial charge in [-0.2, -0.15) is 0 Å². The minimum Gasteiger partial charge on any atom is -1.00 e. The van der Waals surface area contributed by atoms with Crippen LogP contribution in [0.4, 0.5) is 0 Å². The lowest BCUT2D eigenvalue weighted by Gasteiger charge is -2.17. The van der Waals surface area contributed by atoms with Gasteiger partial charge in [-0.25, -0.2) is 0 Å². The van der Waals surface area contributed by atoms with Crippen LogP contribution in [0.25, 0.3) is 0 Å². The maximum atomic E-state index is 8.86. The molecule has 0 saturated carbocycles. The Balaban J connectivity index is 0. The topological polar surface area (TPSA) is 44.9 Å². The molecule has 17 heavy (non-hydrogen) atoms. The second kappa shape index (κ2) is 16.4. The summed E-state index contributed by atoms with van der Waals surface area (Å²) >= 11 is 0. The molecule has 0 aromatic heterocycles. The minimum absolute atomic E-state index is 0. The first kappa shape index (κ1) is 19.7. The van der Waals surface area contributed by atoms with Crippen molar-refractivity contribution in [2.24, 2.45) is 0 Å². The molecule has 0 saturated heterocycles. The van der Waals surface area contributed by atoms with Gasteiger partial charge in [0.05, 0.1) is 19.8 Å². The molecular weight excluding hydrogens is 282 g/mol. The van der Waals surface area contributed by atoms with E-state index in [1.807, 2.05) is 0 Å². The third kappa shape index (κ3) is 14.3. The molecule has 0 atom stereocenters. The highest BCUT2D eigenvalue weighted by molar-refractivity contribution is 4.44. The van der Waals surface area contributed by atoms with Crippen LogP contribution in [0.3, 0.4) is 0 Å². The summed E-state index contributed by atoms with van der Waals surface area (Å²) in [6.07, 6.45) is 9.28. The molecule has 0 bridgehead atoms. The fourth-order valence-corrected chi connectivity index (χ4v) is 2.02. The van der Waals surface area contributed by atoms with Crippen LogP contribution in [0, 0.1) is 0 Å². The van der Waals surface area contributed by atoms with Crippen molar-refractivity contribution in [3.63, 3.8) is 0 Å². The molecule has 0 spiro atoms. The van der Waals surface area contributed by atoms with E-state index in [-0.39, 0.29) is 30.2 Å². The first-order chi connectivity index (χ1) is 7.85. The Bertz CT molecular complexity index is 131. The van der Waals surface area contributed by atoms with Gasteiger partial charge < -0.3 is 32.1 Å². The van der Waals surface area contributed by atoms with Gasteiger partial charge in [0.1, 0.15) is 13.1 Å². The van der Waals surface area contributed by atoms with Crippen LogP contribution in [0.2, 0.25) is 0 Å². The van der Waals surface area contributed by atoms with Crippen LogP contribution >= 0.6 is 0 Å². The summed E-state index contributed by atoms with van der Waals surface area (Å²) in [6.45, 7) is 5.34. The third-order valence-corrected chi connectivity index (χ3v) is 3.06. The smallest absolute Gasteiger partial charge is 0.101 e. The quantitative estimate of drug-likeness (QED) is 0.352. The monoisotopic (exact) mass is 311 g/mol. The number of hydrogen-bond donors (Lipinski definition) is 3. The molecule has 3 N–H and O–H groups in total. The summed E-state index contributed by atoms with van der Waals surface area (Å²) in [6, 6.07) is 0. The SMILES string of the molecule is CCCCCCCCC[NH+](CCO)CCO.[Br-]. The van der Waals surface area contributed by atoms with E-state index < -0.39 is 0 Å². The van der Waals surface area contributed by atoms with Crippen LogP contribution in [-0.2, 0) is 0 Å². The summed E-state index contributed by atoms with van der Waals surface area (Å²) in [4.78, 5) is 1.33. The summed E-state index contributed by atoms with van der Waals surface area (Å²) in [5.41, 5.74) is 0. The van der Waals surface area contributed by atoms with Gasteiger partial charge in [0, 0.05) is 0 Å². The zero-order valence-corrected chi connectivity index (χ0v) is 12.8. The highest BCUT2D eigenvalue weighted by Gasteiger charge is 2.05. The molecular formula is C13H30BrNO2. The molecule has 4 heteroatoms. The van der Waals surface area contributed by atoms with Crippen LogP contribution in [-0.4, -0.2) is 43.1 Å². The summed E-state index contributed by atoms with van der Waals surface area (Å²) in [5, 5.41) is 17.7. The molecule has 0 amide bonds. The molecule has 0 radical (unpaired) electrons. The highest BCUT2D eigenvalue weighted by Crippen LogP contribution is 2.05. The van der Waals surface area contributed by atoms with E-state index in [9.17, 15) is 0 Å². The van der Waals surface area contributed by atoms with Crippen molar-refractivity contribution in [2.75, 3.05) is 32.8 Å². The lowest BCUT2D eigenvalue weighted by Crippen LogP contribution is -3.13.